The number of rotatable bonds is 0. The molecule has 2 aromatic rings. The van der Waals surface area contributed by atoms with Crippen molar-refractivity contribution in [2.45, 2.75) is 16.1 Å². The molecule has 0 bridgehead atoms. The van der Waals surface area contributed by atoms with E-state index in [0.717, 1.165) is 17.5 Å². The van der Waals surface area contributed by atoms with Gasteiger partial charge in [-0.2, -0.15) is 0 Å². The fourth-order valence-corrected chi connectivity index (χ4v) is 3.38. The van der Waals surface area contributed by atoms with Crippen LogP contribution in [0.4, 0.5) is 0 Å². The van der Waals surface area contributed by atoms with E-state index in [1.54, 1.807) is 0 Å². The molecule has 0 N–H and O–H groups in total. The molecule has 3 rings (SSSR count). The van der Waals surface area contributed by atoms with Gasteiger partial charge in [0.05, 0.1) is 5.92 Å². The van der Waals surface area contributed by atoms with Gasteiger partial charge in [0.2, 0.25) is 3.79 Å². The Labute approximate surface area is 121 Å². The highest BCUT2D eigenvalue weighted by Gasteiger charge is 2.39. The van der Waals surface area contributed by atoms with Gasteiger partial charge in [-0.1, -0.05) is 83.3 Å². The third-order valence-electron chi connectivity index (χ3n) is 3.44. The van der Waals surface area contributed by atoms with Gasteiger partial charge in [-0.25, -0.2) is 0 Å². The maximum Gasteiger partial charge on any atom is 0.201 e. The number of fused-ring (bicyclic) bond motifs is 2. The summed E-state index contributed by atoms with van der Waals surface area (Å²) in [4.78, 5) is 0. The van der Waals surface area contributed by atoms with Gasteiger partial charge in [0, 0.05) is 0 Å². The molecule has 2 aromatic carbocycles. The fraction of sp³-hybridized carbons (Fsp3) is 0.200. The van der Waals surface area contributed by atoms with E-state index >= 15 is 0 Å². The van der Waals surface area contributed by atoms with Crippen LogP contribution in [0.15, 0.2) is 48.5 Å². The van der Waals surface area contributed by atoms with Crippen molar-refractivity contribution in [1.29, 1.82) is 0 Å². The zero-order valence-corrected chi connectivity index (χ0v) is 11.8. The topological polar surface area (TPSA) is 0 Å². The van der Waals surface area contributed by atoms with Crippen LogP contribution in [0.25, 0.3) is 0 Å². The molecule has 0 heterocycles. The molecule has 1 aliphatic rings. The molecule has 0 amide bonds. The Kier molecular flexibility index (Phi) is 3.05. The second-order valence-corrected chi connectivity index (χ2v) is 6.92. The van der Waals surface area contributed by atoms with E-state index in [9.17, 15) is 0 Å². The first-order valence-electron chi connectivity index (χ1n) is 5.79. The molecule has 0 radical (unpaired) electrons. The molecular formula is C15H11Cl3. The average Bonchev–Trinajstić information content (AvgIpc) is 2.34. The highest BCUT2D eigenvalue weighted by Crippen LogP contribution is 2.49. The van der Waals surface area contributed by atoms with Crippen LogP contribution in [0.2, 0.25) is 0 Å². The first-order chi connectivity index (χ1) is 8.57. The monoisotopic (exact) mass is 296 g/mol. The maximum absolute atomic E-state index is 6.20. The molecule has 0 aromatic heterocycles. The third kappa shape index (κ3) is 2.03. The fourth-order valence-electron chi connectivity index (χ4n) is 2.68. The van der Waals surface area contributed by atoms with Crippen molar-refractivity contribution in [3.63, 3.8) is 0 Å². The highest BCUT2D eigenvalue weighted by atomic mass is 35.6. The van der Waals surface area contributed by atoms with Crippen molar-refractivity contribution in [2.75, 3.05) is 0 Å². The standard InChI is InChI=1S/C15H11Cl3/c16-15(17,18)14-12-7-3-1-5-10(12)9-11-6-2-4-8-13(11)14/h1-8,14H,9H2. The Bertz CT molecular complexity index is 539. The Morgan fingerprint density at radius 3 is 1.67 bits per heavy atom. The summed E-state index contributed by atoms with van der Waals surface area (Å²) in [5, 5.41) is 0. The van der Waals surface area contributed by atoms with Crippen LogP contribution < -0.4 is 0 Å². The van der Waals surface area contributed by atoms with E-state index in [0.29, 0.717) is 0 Å². The lowest BCUT2D eigenvalue weighted by atomic mass is 9.79. The van der Waals surface area contributed by atoms with Gasteiger partial charge in [-0.15, -0.1) is 0 Å². The zero-order valence-electron chi connectivity index (χ0n) is 9.54. The molecular weight excluding hydrogens is 287 g/mol. The first kappa shape index (κ1) is 12.3. The molecule has 3 heteroatoms. The van der Waals surface area contributed by atoms with Crippen LogP contribution in [0, 0.1) is 0 Å². The molecule has 0 aliphatic heterocycles. The maximum atomic E-state index is 6.20. The van der Waals surface area contributed by atoms with E-state index < -0.39 is 3.79 Å². The number of benzene rings is 2. The summed E-state index contributed by atoms with van der Waals surface area (Å²) < 4.78 is -1.33. The summed E-state index contributed by atoms with van der Waals surface area (Å²) in [7, 11) is 0. The summed E-state index contributed by atoms with van der Waals surface area (Å²) in [5.74, 6) is -0.191. The van der Waals surface area contributed by atoms with Crippen molar-refractivity contribution in [3.8, 4) is 0 Å². The van der Waals surface area contributed by atoms with Crippen molar-refractivity contribution < 1.29 is 0 Å². The SMILES string of the molecule is ClC(Cl)(Cl)C1c2ccccc2Cc2ccccc21. The molecule has 0 atom stereocenters. The van der Waals surface area contributed by atoms with E-state index in [-0.39, 0.29) is 5.92 Å². The summed E-state index contributed by atoms with van der Waals surface area (Å²) in [6.45, 7) is 0. The number of hydrogen-bond donors (Lipinski definition) is 0. The third-order valence-corrected chi connectivity index (χ3v) is 4.10. The quantitative estimate of drug-likeness (QED) is 0.594. The lowest BCUT2D eigenvalue weighted by Gasteiger charge is -2.32. The normalized spacial score (nSPS) is 15.1. The predicted octanol–water partition coefficient (Wildman–Crippen LogP) is 5.09. The van der Waals surface area contributed by atoms with Crippen LogP contribution in [0.5, 0.6) is 0 Å². The molecule has 0 saturated heterocycles. The second-order valence-electron chi connectivity index (χ2n) is 4.55. The molecule has 0 saturated carbocycles. The van der Waals surface area contributed by atoms with Gasteiger partial charge in [0.25, 0.3) is 0 Å². The minimum Gasteiger partial charge on any atom is -0.0826 e. The van der Waals surface area contributed by atoms with Crippen molar-refractivity contribution in [3.05, 3.63) is 70.8 Å². The van der Waals surface area contributed by atoms with Crippen LogP contribution in [0.1, 0.15) is 28.2 Å². The Hall–Kier alpha value is -0.690. The molecule has 0 fully saturated rings. The van der Waals surface area contributed by atoms with Crippen LogP contribution >= 0.6 is 34.8 Å². The van der Waals surface area contributed by atoms with Gasteiger partial charge >= 0.3 is 0 Å². The summed E-state index contributed by atoms with van der Waals surface area (Å²) >= 11 is 18.6. The van der Waals surface area contributed by atoms with Crippen molar-refractivity contribution >= 4 is 34.8 Å². The minimum atomic E-state index is -1.33. The van der Waals surface area contributed by atoms with Gasteiger partial charge in [0.15, 0.2) is 0 Å². The molecule has 18 heavy (non-hydrogen) atoms. The number of halogens is 3. The Balaban J connectivity index is 2.24. The number of alkyl halides is 3. The Morgan fingerprint density at radius 1 is 0.778 bits per heavy atom. The van der Waals surface area contributed by atoms with Crippen LogP contribution in [-0.2, 0) is 6.42 Å². The molecule has 92 valence electrons. The van der Waals surface area contributed by atoms with Crippen molar-refractivity contribution in [1.82, 2.24) is 0 Å². The molecule has 1 aliphatic carbocycles. The van der Waals surface area contributed by atoms with Crippen molar-refractivity contribution in [2.24, 2.45) is 0 Å². The van der Waals surface area contributed by atoms with Crippen LogP contribution in [-0.4, -0.2) is 3.79 Å². The lowest BCUT2D eigenvalue weighted by molar-refractivity contribution is 0.785. The highest BCUT2D eigenvalue weighted by molar-refractivity contribution is 6.68. The van der Waals surface area contributed by atoms with Crippen LogP contribution in [0.3, 0.4) is 0 Å². The largest absolute Gasteiger partial charge is 0.201 e. The van der Waals surface area contributed by atoms with E-state index in [1.165, 1.54) is 11.1 Å². The van der Waals surface area contributed by atoms with Gasteiger partial charge in [-0.05, 0) is 28.7 Å². The lowest BCUT2D eigenvalue weighted by Crippen LogP contribution is -2.24. The van der Waals surface area contributed by atoms with E-state index in [2.05, 4.69) is 24.3 Å². The minimum absolute atomic E-state index is 0.191. The smallest absolute Gasteiger partial charge is 0.0826 e. The summed E-state index contributed by atoms with van der Waals surface area (Å²) in [6.07, 6.45) is 0.906. The zero-order chi connectivity index (χ0) is 12.8. The van der Waals surface area contributed by atoms with Gasteiger partial charge in [-0.3, -0.25) is 0 Å². The molecule has 0 unspecified atom stereocenters. The average molecular weight is 298 g/mol. The summed E-state index contributed by atoms with van der Waals surface area (Å²) in [5.41, 5.74) is 4.73. The van der Waals surface area contributed by atoms with Gasteiger partial charge in [0.1, 0.15) is 0 Å². The first-order valence-corrected chi connectivity index (χ1v) is 6.93. The Morgan fingerprint density at radius 2 is 1.22 bits per heavy atom. The van der Waals surface area contributed by atoms with E-state index in [4.69, 9.17) is 34.8 Å². The van der Waals surface area contributed by atoms with E-state index in [1.807, 2.05) is 24.3 Å². The number of hydrogen-bond acceptors (Lipinski definition) is 0. The molecule has 0 nitrogen and oxygen atoms in total. The second kappa shape index (κ2) is 4.45. The summed E-state index contributed by atoms with van der Waals surface area (Å²) in [6, 6.07) is 16.4. The molecule has 0 spiro atoms. The predicted molar refractivity (Wildman–Crippen MR) is 77.8 cm³/mol. The van der Waals surface area contributed by atoms with Gasteiger partial charge < -0.3 is 0 Å².